The molecule has 136 valence electrons. The summed E-state index contributed by atoms with van der Waals surface area (Å²) in [5, 5.41) is 5.50. The Hall–Kier alpha value is -3.34. The number of hydrogen-bond acceptors (Lipinski definition) is 3. The van der Waals surface area contributed by atoms with E-state index in [0.29, 0.717) is 0 Å². The van der Waals surface area contributed by atoms with Crippen LogP contribution < -0.4 is 9.57 Å². The number of aromatic nitrogens is 2. The van der Waals surface area contributed by atoms with Crippen molar-refractivity contribution in [2.24, 2.45) is 0 Å². The average molecular weight is 362 g/mol. The summed E-state index contributed by atoms with van der Waals surface area (Å²) in [6.45, 7) is 3.97. The summed E-state index contributed by atoms with van der Waals surface area (Å²) < 4.78 is 19.8. The first kappa shape index (κ1) is 17.1. The molecule has 0 aliphatic heterocycles. The van der Waals surface area contributed by atoms with Gasteiger partial charge in [0.2, 0.25) is 0 Å². The van der Waals surface area contributed by atoms with Gasteiger partial charge in [0.25, 0.3) is 0 Å². The van der Waals surface area contributed by atoms with Crippen LogP contribution in [0.3, 0.4) is 0 Å². The molecule has 0 saturated heterocycles. The van der Waals surface area contributed by atoms with Crippen LogP contribution in [-0.4, -0.2) is 16.0 Å². The molecule has 0 aliphatic carbocycles. The molecule has 4 rings (SSSR count). The van der Waals surface area contributed by atoms with Crippen molar-refractivity contribution >= 4 is 10.9 Å². The normalized spacial score (nSPS) is 11.1. The third kappa shape index (κ3) is 3.49. The Labute approximate surface area is 156 Å². The summed E-state index contributed by atoms with van der Waals surface area (Å²) in [7, 11) is 0. The zero-order valence-corrected chi connectivity index (χ0v) is 15.1. The minimum atomic E-state index is -0.439. The summed E-state index contributed by atoms with van der Waals surface area (Å²) >= 11 is 0. The van der Waals surface area contributed by atoms with Crippen molar-refractivity contribution in [2.75, 3.05) is 0 Å². The SMILES string of the molecule is CC(C)Oc1cccc(-c2nn(Oc3ccccc3F)c3ccccc23)c1. The molecule has 0 fully saturated rings. The Kier molecular flexibility index (Phi) is 4.50. The van der Waals surface area contributed by atoms with Gasteiger partial charge in [0.05, 0.1) is 6.10 Å². The second kappa shape index (κ2) is 7.11. The van der Waals surface area contributed by atoms with Crippen LogP contribution in [0.4, 0.5) is 4.39 Å². The molecule has 0 saturated carbocycles. The number of rotatable bonds is 5. The van der Waals surface area contributed by atoms with Crippen molar-refractivity contribution in [3.8, 4) is 22.8 Å². The number of ether oxygens (including phenoxy) is 1. The first-order valence-electron chi connectivity index (χ1n) is 8.79. The van der Waals surface area contributed by atoms with Crippen LogP contribution in [0, 0.1) is 5.82 Å². The van der Waals surface area contributed by atoms with E-state index in [1.807, 2.05) is 62.4 Å². The van der Waals surface area contributed by atoms with Crippen molar-refractivity contribution in [2.45, 2.75) is 20.0 Å². The molecule has 0 radical (unpaired) electrons. The molecule has 5 heteroatoms. The van der Waals surface area contributed by atoms with E-state index < -0.39 is 5.82 Å². The molecule has 1 aromatic heterocycles. The van der Waals surface area contributed by atoms with Crippen LogP contribution in [0.1, 0.15) is 13.8 Å². The van der Waals surface area contributed by atoms with E-state index >= 15 is 0 Å². The standard InChI is InChI=1S/C22H19FN2O2/c1-15(2)26-17-9-7-8-16(14-17)22-18-10-3-5-12-20(18)25(24-22)27-21-13-6-4-11-19(21)23/h3-15H,1-2H3. The Morgan fingerprint density at radius 3 is 2.52 bits per heavy atom. The summed E-state index contributed by atoms with van der Waals surface area (Å²) in [4.78, 5) is 7.08. The first-order valence-corrected chi connectivity index (χ1v) is 8.79. The van der Waals surface area contributed by atoms with E-state index in [4.69, 9.17) is 9.57 Å². The minimum Gasteiger partial charge on any atom is -0.491 e. The average Bonchev–Trinajstić information content (AvgIpc) is 3.02. The van der Waals surface area contributed by atoms with Gasteiger partial charge in [0, 0.05) is 10.9 Å². The molecule has 0 spiro atoms. The Morgan fingerprint density at radius 1 is 0.926 bits per heavy atom. The lowest BCUT2D eigenvalue weighted by Crippen LogP contribution is -2.08. The molecule has 0 N–H and O–H groups in total. The molecule has 0 atom stereocenters. The number of hydrogen-bond donors (Lipinski definition) is 0. The van der Waals surface area contributed by atoms with Crippen molar-refractivity contribution < 1.29 is 14.0 Å². The quantitative estimate of drug-likeness (QED) is 0.472. The molecule has 0 amide bonds. The highest BCUT2D eigenvalue weighted by atomic mass is 19.1. The molecule has 4 nitrogen and oxygen atoms in total. The van der Waals surface area contributed by atoms with Crippen molar-refractivity contribution in [1.29, 1.82) is 0 Å². The topological polar surface area (TPSA) is 36.3 Å². The summed E-state index contributed by atoms with van der Waals surface area (Å²) in [6.07, 6.45) is 0.0824. The fourth-order valence-electron chi connectivity index (χ4n) is 2.92. The maximum Gasteiger partial charge on any atom is 0.193 e. The van der Waals surface area contributed by atoms with E-state index in [-0.39, 0.29) is 11.9 Å². The lowest BCUT2D eigenvalue weighted by atomic mass is 10.1. The summed E-state index contributed by atoms with van der Waals surface area (Å²) in [5.41, 5.74) is 2.40. The van der Waals surface area contributed by atoms with Crippen LogP contribution in [0.5, 0.6) is 11.5 Å². The van der Waals surface area contributed by atoms with E-state index in [1.54, 1.807) is 18.2 Å². The number of fused-ring (bicyclic) bond motifs is 1. The molecule has 0 bridgehead atoms. The molecule has 4 aromatic rings. The van der Waals surface area contributed by atoms with Gasteiger partial charge in [-0.1, -0.05) is 47.3 Å². The lowest BCUT2D eigenvalue weighted by Gasteiger charge is -2.10. The van der Waals surface area contributed by atoms with Gasteiger partial charge in [-0.25, -0.2) is 4.39 Å². The number of para-hydroxylation sites is 2. The van der Waals surface area contributed by atoms with Crippen molar-refractivity contribution in [3.05, 3.63) is 78.6 Å². The van der Waals surface area contributed by atoms with Gasteiger partial charge >= 0.3 is 0 Å². The fraction of sp³-hybridized carbons (Fsp3) is 0.136. The van der Waals surface area contributed by atoms with E-state index in [0.717, 1.165) is 27.9 Å². The van der Waals surface area contributed by atoms with E-state index in [1.165, 1.54) is 10.9 Å². The van der Waals surface area contributed by atoms with Gasteiger partial charge in [0.15, 0.2) is 11.6 Å². The number of benzene rings is 3. The van der Waals surface area contributed by atoms with Gasteiger partial charge in [-0.3, -0.25) is 0 Å². The third-order valence-electron chi connectivity index (χ3n) is 4.06. The zero-order valence-electron chi connectivity index (χ0n) is 15.1. The largest absolute Gasteiger partial charge is 0.491 e. The predicted molar refractivity (Wildman–Crippen MR) is 103 cm³/mol. The van der Waals surface area contributed by atoms with Crippen LogP contribution in [0.15, 0.2) is 72.8 Å². The van der Waals surface area contributed by atoms with Crippen LogP contribution in [-0.2, 0) is 0 Å². The smallest absolute Gasteiger partial charge is 0.193 e. The monoisotopic (exact) mass is 362 g/mol. The number of nitrogens with zero attached hydrogens (tertiary/aromatic N) is 2. The second-order valence-corrected chi connectivity index (χ2v) is 6.45. The van der Waals surface area contributed by atoms with Gasteiger partial charge in [-0.2, -0.15) is 0 Å². The highest BCUT2D eigenvalue weighted by Crippen LogP contribution is 2.31. The highest BCUT2D eigenvalue weighted by Gasteiger charge is 2.15. The molecule has 27 heavy (non-hydrogen) atoms. The molecular weight excluding hydrogens is 343 g/mol. The van der Waals surface area contributed by atoms with Gasteiger partial charge in [0.1, 0.15) is 17.0 Å². The highest BCUT2D eigenvalue weighted by molar-refractivity contribution is 5.93. The maximum absolute atomic E-state index is 14.0. The Morgan fingerprint density at radius 2 is 1.70 bits per heavy atom. The van der Waals surface area contributed by atoms with Gasteiger partial charge < -0.3 is 9.57 Å². The first-order chi connectivity index (χ1) is 13.1. The zero-order chi connectivity index (χ0) is 18.8. The van der Waals surface area contributed by atoms with Crippen molar-refractivity contribution in [3.63, 3.8) is 0 Å². The van der Waals surface area contributed by atoms with Crippen LogP contribution in [0.25, 0.3) is 22.2 Å². The van der Waals surface area contributed by atoms with Gasteiger partial charge in [-0.05, 0) is 44.2 Å². The number of halogens is 1. The summed E-state index contributed by atoms with van der Waals surface area (Å²) in [6, 6.07) is 21.7. The molecule has 0 unspecified atom stereocenters. The fourth-order valence-corrected chi connectivity index (χ4v) is 2.92. The summed E-state index contributed by atoms with van der Waals surface area (Å²) in [5.74, 6) is 0.455. The Balaban J connectivity index is 1.80. The molecule has 1 heterocycles. The van der Waals surface area contributed by atoms with Gasteiger partial charge in [-0.15, -0.1) is 5.10 Å². The minimum absolute atomic E-state index is 0.0824. The van der Waals surface area contributed by atoms with E-state index in [9.17, 15) is 4.39 Å². The third-order valence-corrected chi connectivity index (χ3v) is 4.06. The maximum atomic E-state index is 14.0. The second-order valence-electron chi connectivity index (χ2n) is 6.45. The molecule has 3 aromatic carbocycles. The lowest BCUT2D eigenvalue weighted by molar-refractivity contribution is 0.182. The van der Waals surface area contributed by atoms with Crippen molar-refractivity contribution in [1.82, 2.24) is 9.94 Å². The van der Waals surface area contributed by atoms with Crippen LogP contribution >= 0.6 is 0 Å². The molecular formula is C22H19FN2O2. The predicted octanol–water partition coefficient (Wildman–Crippen LogP) is 5.47. The molecule has 0 aliphatic rings. The van der Waals surface area contributed by atoms with E-state index in [2.05, 4.69) is 5.10 Å². The van der Waals surface area contributed by atoms with Crippen LogP contribution in [0.2, 0.25) is 0 Å². The Bertz CT molecular complexity index is 1090.